The second-order valence-corrected chi connectivity index (χ2v) is 5.75. The summed E-state index contributed by atoms with van der Waals surface area (Å²) in [4.78, 5) is 0. The summed E-state index contributed by atoms with van der Waals surface area (Å²) in [5, 5.41) is 9.60. The Bertz CT molecular complexity index is 371. The van der Waals surface area contributed by atoms with Gasteiger partial charge in [0.25, 0.3) is 0 Å². The van der Waals surface area contributed by atoms with Gasteiger partial charge in [-0.15, -0.1) is 0 Å². The molecule has 1 aliphatic carbocycles. The molecule has 0 saturated heterocycles. The van der Waals surface area contributed by atoms with Crippen LogP contribution >= 0.6 is 0 Å². The minimum Gasteiger partial charge on any atom is -0.508 e. The van der Waals surface area contributed by atoms with Gasteiger partial charge in [0, 0.05) is 0 Å². The number of phenolic OH excluding ortho intramolecular Hbond substituents is 1. The number of phenols is 1. The first-order valence-corrected chi connectivity index (χ1v) is 6.32. The SMILES string of the molecule is CC1C[C@H](C)CCC1(C)c1cccc(O)c1. The fourth-order valence-corrected chi connectivity index (χ4v) is 3.06. The molecule has 0 heterocycles. The molecule has 1 aliphatic rings. The normalized spacial score (nSPS) is 34.9. The molecule has 3 atom stereocenters. The van der Waals surface area contributed by atoms with Crippen LogP contribution in [0.1, 0.15) is 45.6 Å². The summed E-state index contributed by atoms with van der Waals surface area (Å²) in [5.74, 6) is 1.93. The van der Waals surface area contributed by atoms with Crippen molar-refractivity contribution in [3.05, 3.63) is 29.8 Å². The zero-order valence-corrected chi connectivity index (χ0v) is 10.5. The molecule has 0 amide bonds. The van der Waals surface area contributed by atoms with Crippen LogP contribution in [0.5, 0.6) is 5.75 Å². The van der Waals surface area contributed by atoms with E-state index in [1.165, 1.54) is 24.8 Å². The molecule has 1 nitrogen and oxygen atoms in total. The largest absolute Gasteiger partial charge is 0.508 e. The lowest BCUT2D eigenvalue weighted by atomic mass is 9.62. The van der Waals surface area contributed by atoms with Gasteiger partial charge >= 0.3 is 0 Å². The van der Waals surface area contributed by atoms with Gasteiger partial charge in [0.2, 0.25) is 0 Å². The predicted octanol–water partition coefficient (Wildman–Crippen LogP) is 4.11. The van der Waals surface area contributed by atoms with Gasteiger partial charge in [-0.05, 0) is 54.2 Å². The highest BCUT2D eigenvalue weighted by molar-refractivity contribution is 5.33. The molecule has 16 heavy (non-hydrogen) atoms. The average molecular weight is 218 g/mol. The van der Waals surface area contributed by atoms with Crippen LogP contribution in [0.25, 0.3) is 0 Å². The van der Waals surface area contributed by atoms with Crippen molar-refractivity contribution in [1.82, 2.24) is 0 Å². The number of rotatable bonds is 1. The van der Waals surface area contributed by atoms with Crippen molar-refractivity contribution >= 4 is 0 Å². The maximum atomic E-state index is 9.60. The Morgan fingerprint density at radius 3 is 2.69 bits per heavy atom. The van der Waals surface area contributed by atoms with E-state index in [4.69, 9.17) is 0 Å². The number of aromatic hydroxyl groups is 1. The Hall–Kier alpha value is -0.980. The Morgan fingerprint density at radius 2 is 2.06 bits per heavy atom. The Labute approximate surface area is 98.5 Å². The van der Waals surface area contributed by atoms with E-state index in [9.17, 15) is 5.11 Å². The summed E-state index contributed by atoms with van der Waals surface area (Å²) in [6.07, 6.45) is 3.83. The average Bonchev–Trinajstić information content (AvgIpc) is 2.24. The van der Waals surface area contributed by atoms with Gasteiger partial charge in [0.1, 0.15) is 5.75 Å². The van der Waals surface area contributed by atoms with Gasteiger partial charge in [-0.3, -0.25) is 0 Å². The molecule has 0 spiro atoms. The molecule has 88 valence electrons. The molecule has 0 bridgehead atoms. The fraction of sp³-hybridized carbons (Fsp3) is 0.600. The standard InChI is InChI=1S/C15H22O/c1-11-7-8-15(3,12(2)9-11)13-5-4-6-14(16)10-13/h4-6,10-12,16H,7-9H2,1-3H3/t11-,12?,15?/m1/s1. The molecule has 1 aromatic carbocycles. The lowest BCUT2D eigenvalue weighted by molar-refractivity contribution is 0.176. The third kappa shape index (κ3) is 1.95. The smallest absolute Gasteiger partial charge is 0.115 e. The van der Waals surface area contributed by atoms with E-state index in [0.717, 1.165) is 5.92 Å². The molecular formula is C15H22O. The van der Waals surface area contributed by atoms with Crippen LogP contribution in [-0.4, -0.2) is 5.11 Å². The van der Waals surface area contributed by atoms with E-state index in [2.05, 4.69) is 26.8 Å². The van der Waals surface area contributed by atoms with Crippen LogP contribution in [0.15, 0.2) is 24.3 Å². The van der Waals surface area contributed by atoms with Crippen molar-refractivity contribution in [2.24, 2.45) is 11.8 Å². The maximum absolute atomic E-state index is 9.60. The summed E-state index contributed by atoms with van der Waals surface area (Å²) in [6, 6.07) is 7.81. The summed E-state index contributed by atoms with van der Waals surface area (Å²) >= 11 is 0. The lowest BCUT2D eigenvalue weighted by Crippen LogP contribution is -2.35. The van der Waals surface area contributed by atoms with E-state index >= 15 is 0 Å². The van der Waals surface area contributed by atoms with Gasteiger partial charge in [0.05, 0.1) is 0 Å². The summed E-state index contributed by atoms with van der Waals surface area (Å²) in [7, 11) is 0. The van der Waals surface area contributed by atoms with E-state index in [1.54, 1.807) is 6.07 Å². The molecule has 1 saturated carbocycles. The van der Waals surface area contributed by atoms with Crippen LogP contribution in [0, 0.1) is 11.8 Å². The van der Waals surface area contributed by atoms with Crippen LogP contribution in [0.3, 0.4) is 0 Å². The molecule has 1 fully saturated rings. The maximum Gasteiger partial charge on any atom is 0.115 e. The Morgan fingerprint density at radius 1 is 1.31 bits per heavy atom. The highest BCUT2D eigenvalue weighted by Gasteiger charge is 2.37. The minimum absolute atomic E-state index is 0.241. The summed E-state index contributed by atoms with van der Waals surface area (Å²) in [6.45, 7) is 7.04. The van der Waals surface area contributed by atoms with Crippen molar-refractivity contribution in [3.63, 3.8) is 0 Å². The highest BCUT2D eigenvalue weighted by Crippen LogP contribution is 2.45. The molecular weight excluding hydrogens is 196 g/mol. The minimum atomic E-state index is 0.241. The monoisotopic (exact) mass is 218 g/mol. The van der Waals surface area contributed by atoms with Crippen molar-refractivity contribution in [2.75, 3.05) is 0 Å². The highest BCUT2D eigenvalue weighted by atomic mass is 16.3. The first-order valence-electron chi connectivity index (χ1n) is 6.32. The first-order chi connectivity index (χ1) is 7.52. The number of hydrogen-bond acceptors (Lipinski definition) is 1. The molecule has 2 unspecified atom stereocenters. The molecule has 1 N–H and O–H groups in total. The summed E-state index contributed by atoms with van der Waals surface area (Å²) < 4.78 is 0. The predicted molar refractivity (Wildman–Crippen MR) is 67.6 cm³/mol. The van der Waals surface area contributed by atoms with Gasteiger partial charge < -0.3 is 5.11 Å². The lowest BCUT2D eigenvalue weighted by Gasteiger charge is -2.42. The van der Waals surface area contributed by atoms with Crippen molar-refractivity contribution in [2.45, 2.75) is 45.4 Å². The molecule has 1 aromatic rings. The van der Waals surface area contributed by atoms with Gasteiger partial charge in [-0.1, -0.05) is 32.9 Å². The van der Waals surface area contributed by atoms with Crippen LogP contribution in [0.4, 0.5) is 0 Å². The quantitative estimate of drug-likeness (QED) is 0.752. The Balaban J connectivity index is 2.31. The van der Waals surface area contributed by atoms with Crippen LogP contribution in [-0.2, 0) is 5.41 Å². The van der Waals surface area contributed by atoms with Gasteiger partial charge in [0.15, 0.2) is 0 Å². The van der Waals surface area contributed by atoms with Crippen LogP contribution < -0.4 is 0 Å². The van der Waals surface area contributed by atoms with E-state index in [1.807, 2.05) is 12.1 Å². The third-order valence-electron chi connectivity index (χ3n) is 4.51. The third-order valence-corrected chi connectivity index (χ3v) is 4.51. The Kier molecular flexibility index (Phi) is 2.96. The zero-order chi connectivity index (χ0) is 11.8. The van der Waals surface area contributed by atoms with E-state index in [0.29, 0.717) is 11.7 Å². The second kappa shape index (κ2) is 4.12. The summed E-state index contributed by atoms with van der Waals surface area (Å²) in [5.41, 5.74) is 1.54. The molecule has 0 radical (unpaired) electrons. The van der Waals surface area contributed by atoms with Gasteiger partial charge in [-0.2, -0.15) is 0 Å². The zero-order valence-electron chi connectivity index (χ0n) is 10.5. The van der Waals surface area contributed by atoms with Crippen LogP contribution in [0.2, 0.25) is 0 Å². The number of benzene rings is 1. The van der Waals surface area contributed by atoms with Gasteiger partial charge in [-0.25, -0.2) is 0 Å². The topological polar surface area (TPSA) is 20.2 Å². The van der Waals surface area contributed by atoms with Crippen molar-refractivity contribution in [3.8, 4) is 5.75 Å². The van der Waals surface area contributed by atoms with E-state index in [-0.39, 0.29) is 5.41 Å². The van der Waals surface area contributed by atoms with Crippen molar-refractivity contribution < 1.29 is 5.11 Å². The fourth-order valence-electron chi connectivity index (χ4n) is 3.06. The molecule has 0 aromatic heterocycles. The first kappa shape index (κ1) is 11.5. The number of hydrogen-bond donors (Lipinski definition) is 1. The molecule has 1 heteroatoms. The molecule has 2 rings (SSSR count). The van der Waals surface area contributed by atoms with E-state index < -0.39 is 0 Å². The van der Waals surface area contributed by atoms with Crippen molar-refractivity contribution in [1.29, 1.82) is 0 Å². The second-order valence-electron chi connectivity index (χ2n) is 5.75. The molecule has 0 aliphatic heterocycles.